The molecule has 5 nitrogen and oxygen atoms in total. The molecule has 0 aromatic heterocycles. The third-order valence-electron chi connectivity index (χ3n) is 2.56. The minimum absolute atomic E-state index is 0.00865. The predicted molar refractivity (Wildman–Crippen MR) is 70.6 cm³/mol. The third kappa shape index (κ3) is 5.66. The molecule has 1 rings (SSSR count). The number of hydrogen-bond acceptors (Lipinski definition) is 4. The summed E-state index contributed by atoms with van der Waals surface area (Å²) in [4.78, 5) is -0.107. The summed E-state index contributed by atoms with van der Waals surface area (Å²) in [7, 11) is -3.84. The van der Waals surface area contributed by atoms with Crippen molar-refractivity contribution < 1.29 is 21.6 Å². The number of benzene rings is 1. The topological polar surface area (TPSA) is 98.2 Å². The molecule has 0 saturated carbocycles. The van der Waals surface area contributed by atoms with Gasteiger partial charge in [-0.3, -0.25) is 0 Å². The first kappa shape index (κ1) is 16.6. The van der Waals surface area contributed by atoms with Crippen LogP contribution in [0.1, 0.15) is 19.3 Å². The molecule has 0 bridgehead atoms. The first-order valence-corrected chi connectivity index (χ1v) is 7.37. The smallest absolute Gasteiger partial charge is 0.389 e. The Morgan fingerprint density at radius 3 is 2.40 bits per heavy atom. The van der Waals surface area contributed by atoms with Gasteiger partial charge < -0.3 is 11.1 Å². The highest BCUT2D eigenvalue weighted by atomic mass is 32.2. The predicted octanol–water partition coefficient (Wildman–Crippen LogP) is 2.06. The lowest BCUT2D eigenvalue weighted by Gasteiger charge is -2.11. The van der Waals surface area contributed by atoms with Gasteiger partial charge in [0.25, 0.3) is 0 Å². The van der Waals surface area contributed by atoms with Gasteiger partial charge in [-0.05, 0) is 31.0 Å². The molecular weight excluding hydrogens is 295 g/mol. The molecule has 1 aromatic rings. The average molecular weight is 311 g/mol. The molecule has 0 aliphatic rings. The lowest BCUT2D eigenvalue weighted by atomic mass is 10.2. The number of alkyl halides is 3. The molecular formula is C11H16F3N3O2S. The summed E-state index contributed by atoms with van der Waals surface area (Å²) < 4.78 is 58.1. The van der Waals surface area contributed by atoms with Gasteiger partial charge in [-0.15, -0.1) is 0 Å². The summed E-state index contributed by atoms with van der Waals surface area (Å²) in [6.07, 6.45) is -4.72. The van der Waals surface area contributed by atoms with Crippen LogP contribution >= 0.6 is 0 Å². The molecule has 0 saturated heterocycles. The third-order valence-corrected chi connectivity index (χ3v) is 3.47. The van der Waals surface area contributed by atoms with Gasteiger partial charge in [-0.25, -0.2) is 13.6 Å². The minimum Gasteiger partial charge on any atom is -0.397 e. The van der Waals surface area contributed by atoms with E-state index in [9.17, 15) is 21.6 Å². The number of halogens is 3. The average Bonchev–Trinajstić information content (AvgIpc) is 2.28. The Balaban J connectivity index is 2.56. The van der Waals surface area contributed by atoms with Gasteiger partial charge in [0.05, 0.1) is 16.3 Å². The van der Waals surface area contributed by atoms with Crippen LogP contribution in [0, 0.1) is 0 Å². The maximum absolute atomic E-state index is 11.9. The molecule has 0 aliphatic heterocycles. The van der Waals surface area contributed by atoms with E-state index in [0.717, 1.165) is 0 Å². The summed E-state index contributed by atoms with van der Waals surface area (Å²) in [5.41, 5.74) is 6.27. The Morgan fingerprint density at radius 1 is 1.20 bits per heavy atom. The van der Waals surface area contributed by atoms with Crippen molar-refractivity contribution in [1.82, 2.24) is 0 Å². The number of rotatable bonds is 6. The molecule has 1 aromatic carbocycles. The molecule has 0 atom stereocenters. The summed E-state index contributed by atoms with van der Waals surface area (Å²) in [5, 5.41) is 7.78. The van der Waals surface area contributed by atoms with Crippen molar-refractivity contribution in [2.24, 2.45) is 5.14 Å². The highest BCUT2D eigenvalue weighted by Gasteiger charge is 2.25. The number of nitrogen functional groups attached to an aromatic ring is 1. The molecule has 0 fully saturated rings. The summed E-state index contributed by atoms with van der Waals surface area (Å²) in [6, 6.07) is 3.89. The Labute approximate surface area is 115 Å². The Kier molecular flexibility index (Phi) is 5.23. The molecule has 5 N–H and O–H groups in total. The lowest BCUT2D eigenvalue weighted by Crippen LogP contribution is -2.13. The van der Waals surface area contributed by atoms with Crippen LogP contribution in [0.4, 0.5) is 24.5 Å². The van der Waals surface area contributed by atoms with Crippen molar-refractivity contribution in [3.05, 3.63) is 18.2 Å². The molecule has 9 heteroatoms. The van der Waals surface area contributed by atoms with Gasteiger partial charge in [-0.2, -0.15) is 13.2 Å². The normalized spacial score (nSPS) is 12.4. The highest BCUT2D eigenvalue weighted by Crippen LogP contribution is 2.24. The van der Waals surface area contributed by atoms with E-state index in [1.165, 1.54) is 18.2 Å². The van der Waals surface area contributed by atoms with Crippen LogP contribution in [0.2, 0.25) is 0 Å². The van der Waals surface area contributed by atoms with Crippen LogP contribution in [0.25, 0.3) is 0 Å². The zero-order valence-electron chi connectivity index (χ0n) is 10.6. The monoisotopic (exact) mass is 311 g/mol. The summed E-state index contributed by atoms with van der Waals surface area (Å²) >= 11 is 0. The number of sulfonamides is 1. The van der Waals surface area contributed by atoms with Crippen molar-refractivity contribution in [3.8, 4) is 0 Å². The first-order valence-electron chi connectivity index (χ1n) is 5.82. The quantitative estimate of drug-likeness (QED) is 0.553. The molecule has 0 spiro atoms. The van der Waals surface area contributed by atoms with Crippen molar-refractivity contribution in [2.75, 3.05) is 17.6 Å². The van der Waals surface area contributed by atoms with Crippen LogP contribution < -0.4 is 16.2 Å². The molecule has 20 heavy (non-hydrogen) atoms. The number of unbranched alkanes of at least 4 members (excludes halogenated alkanes) is 1. The molecule has 0 heterocycles. The maximum Gasteiger partial charge on any atom is 0.389 e. The van der Waals surface area contributed by atoms with Gasteiger partial charge in [-0.1, -0.05) is 0 Å². The van der Waals surface area contributed by atoms with Crippen molar-refractivity contribution in [2.45, 2.75) is 30.3 Å². The number of anilines is 2. The van der Waals surface area contributed by atoms with Crippen LogP contribution in [-0.4, -0.2) is 21.1 Å². The molecule has 114 valence electrons. The van der Waals surface area contributed by atoms with Gasteiger partial charge in [0.2, 0.25) is 10.0 Å². The fourth-order valence-electron chi connectivity index (χ4n) is 1.54. The maximum atomic E-state index is 11.9. The van der Waals surface area contributed by atoms with Gasteiger partial charge in [0.15, 0.2) is 0 Å². The standard InChI is InChI=1S/C11H16F3N3O2S/c12-11(13,14)5-1-2-6-17-10-7-8(20(16,18)19)3-4-9(10)15/h3-4,7,17H,1-2,5-6,15H2,(H2,16,18,19). The second-order valence-corrected chi connectivity index (χ2v) is 5.85. The second-order valence-electron chi connectivity index (χ2n) is 4.29. The Hall–Kier alpha value is -1.48. The van der Waals surface area contributed by atoms with E-state index in [4.69, 9.17) is 10.9 Å². The van der Waals surface area contributed by atoms with E-state index in [0.29, 0.717) is 17.8 Å². The van der Waals surface area contributed by atoms with Crippen LogP contribution in [-0.2, 0) is 10.0 Å². The highest BCUT2D eigenvalue weighted by molar-refractivity contribution is 7.89. The summed E-state index contributed by atoms with van der Waals surface area (Å²) in [5.74, 6) is 0. The summed E-state index contributed by atoms with van der Waals surface area (Å²) in [6.45, 7) is 0.258. The largest absolute Gasteiger partial charge is 0.397 e. The van der Waals surface area contributed by atoms with Crippen LogP contribution in [0.15, 0.2) is 23.1 Å². The second kappa shape index (κ2) is 6.31. The van der Waals surface area contributed by atoms with Gasteiger partial charge in [0, 0.05) is 13.0 Å². The number of primary sulfonamides is 1. The fourth-order valence-corrected chi connectivity index (χ4v) is 2.08. The van der Waals surface area contributed by atoms with Crippen LogP contribution in [0.3, 0.4) is 0 Å². The molecule has 0 aliphatic carbocycles. The van der Waals surface area contributed by atoms with E-state index in [2.05, 4.69) is 5.32 Å². The number of nitrogens with one attached hydrogen (secondary N) is 1. The Bertz CT molecular complexity index is 559. The van der Waals surface area contributed by atoms with Crippen LogP contribution in [0.5, 0.6) is 0 Å². The zero-order chi connectivity index (χ0) is 15.4. The van der Waals surface area contributed by atoms with E-state index in [1.54, 1.807) is 0 Å². The van der Waals surface area contributed by atoms with Gasteiger partial charge in [0.1, 0.15) is 0 Å². The minimum atomic E-state index is -4.16. The SMILES string of the molecule is Nc1ccc(S(N)(=O)=O)cc1NCCCCC(F)(F)F. The van der Waals surface area contributed by atoms with E-state index < -0.39 is 22.6 Å². The number of hydrogen-bond donors (Lipinski definition) is 3. The Morgan fingerprint density at radius 2 is 1.85 bits per heavy atom. The zero-order valence-corrected chi connectivity index (χ0v) is 11.4. The molecule has 0 radical (unpaired) electrons. The van der Waals surface area contributed by atoms with Gasteiger partial charge >= 0.3 is 6.18 Å². The van der Waals surface area contributed by atoms with Crippen molar-refractivity contribution in [3.63, 3.8) is 0 Å². The molecule has 0 unspecified atom stereocenters. The van der Waals surface area contributed by atoms with E-state index in [-0.39, 0.29) is 17.9 Å². The fraction of sp³-hybridized carbons (Fsp3) is 0.455. The number of nitrogens with two attached hydrogens (primary N) is 2. The van der Waals surface area contributed by atoms with E-state index in [1.807, 2.05) is 0 Å². The van der Waals surface area contributed by atoms with E-state index >= 15 is 0 Å². The van der Waals surface area contributed by atoms with Crippen molar-refractivity contribution >= 4 is 21.4 Å². The first-order chi connectivity index (χ1) is 9.09. The molecule has 0 amide bonds. The van der Waals surface area contributed by atoms with Crippen molar-refractivity contribution in [1.29, 1.82) is 0 Å². The lowest BCUT2D eigenvalue weighted by molar-refractivity contribution is -0.135.